The van der Waals surface area contributed by atoms with E-state index in [1.807, 2.05) is 0 Å². The molecule has 0 aliphatic carbocycles. The minimum Gasteiger partial charge on any atom is -0.894 e. The molecule has 0 aromatic carbocycles. The topological polar surface area (TPSA) is 92.2 Å². The summed E-state index contributed by atoms with van der Waals surface area (Å²) in [5, 5.41) is 0. The summed E-state index contributed by atoms with van der Waals surface area (Å²) in [6.07, 6.45) is 0. The Balaban J connectivity index is -0.0000000800. The van der Waals surface area contributed by atoms with Crippen LogP contribution in [0.25, 0.3) is 0 Å². The van der Waals surface area contributed by atoms with E-state index in [1.54, 1.807) is 0 Å². The fourth-order valence-corrected chi connectivity index (χ4v) is 0. The molecule has 0 atom stereocenters. The number of hydrogen-bond acceptors (Lipinski definition) is 4. The molecule has 0 heterocycles. The Kier molecular flexibility index (Phi) is 12.7. The molecule has 0 aliphatic heterocycles. The van der Waals surface area contributed by atoms with Crippen molar-refractivity contribution in [2.24, 2.45) is 0 Å². The van der Waals surface area contributed by atoms with Gasteiger partial charge in [0.25, 0.3) is 0 Å². The van der Waals surface area contributed by atoms with Crippen LogP contribution >= 0.6 is 0 Å². The molecule has 0 aliphatic rings. The third-order valence-corrected chi connectivity index (χ3v) is 0. The zero-order valence-corrected chi connectivity index (χ0v) is 7.82. The van der Waals surface area contributed by atoms with Gasteiger partial charge in [0.2, 0.25) is 0 Å². The fourth-order valence-electron chi connectivity index (χ4n) is 0. The van der Waals surface area contributed by atoms with Gasteiger partial charge in [0.05, 0.1) is 0 Å². The number of rotatable bonds is 0. The first-order chi connectivity index (χ1) is 2.00. The normalized spacial score (nSPS) is 8.57. The molecule has 0 aromatic heterocycles. The van der Waals surface area contributed by atoms with Crippen molar-refractivity contribution in [3.05, 3.63) is 0 Å². The Hall–Kier alpha value is 1.47. The Labute approximate surface area is 71.5 Å². The van der Waals surface area contributed by atoms with Gasteiger partial charge in [-0.15, -0.1) is 0 Å². The van der Waals surface area contributed by atoms with Crippen LogP contribution in [0.2, 0.25) is 0 Å². The van der Waals surface area contributed by atoms with Crippen LogP contribution in [0.5, 0.6) is 0 Å². The summed E-state index contributed by atoms with van der Waals surface area (Å²) in [6.45, 7) is 0. The van der Waals surface area contributed by atoms with Gasteiger partial charge in [0.1, 0.15) is 0 Å². The predicted molar refractivity (Wildman–Crippen MR) is 11.5 cm³/mol. The van der Waals surface area contributed by atoms with Crippen LogP contribution in [0, 0.1) is 0 Å². The van der Waals surface area contributed by atoms with Crippen LogP contribution < -0.4 is 19.2 Å². The molecule has 0 saturated heterocycles. The molecule has 32 valence electrons. The summed E-state index contributed by atoms with van der Waals surface area (Å²) in [6, 6.07) is 0. The summed E-state index contributed by atoms with van der Waals surface area (Å²) < 4.78 is 0. The molecule has 0 spiro atoms. The van der Waals surface area contributed by atoms with Crippen molar-refractivity contribution in [3.63, 3.8) is 0 Å². The van der Waals surface area contributed by atoms with Gasteiger partial charge < -0.3 is 28.2 Å². The molecule has 0 saturated carbocycles. The third kappa shape index (κ3) is 103. The van der Waals surface area contributed by atoms with E-state index in [4.69, 9.17) is 19.2 Å². The molecule has 0 fully saturated rings. The molecule has 0 N–H and O–H groups in total. The van der Waals surface area contributed by atoms with Gasteiger partial charge in [-0.2, -0.15) is 0 Å². The molecular weight excluding hydrogens is 210 g/mol. The van der Waals surface area contributed by atoms with Crippen molar-refractivity contribution < 1.29 is 45.4 Å². The van der Waals surface area contributed by atoms with Gasteiger partial charge in [-0.1, -0.05) is 0 Å². The Morgan fingerprint density at radius 1 is 0.857 bits per heavy atom. The first-order valence-corrected chi connectivity index (χ1v) is 2.45. The van der Waals surface area contributed by atoms with Crippen LogP contribution in [-0.4, -0.2) is 26.4 Å². The average molecular weight is 210 g/mol. The molecule has 0 unspecified atom stereocenters. The quantitative estimate of drug-likeness (QED) is 0.373. The summed E-state index contributed by atoms with van der Waals surface area (Å²) in [5.41, 5.74) is 0. The van der Waals surface area contributed by atoms with Gasteiger partial charge in [0, 0.05) is 0 Å². The van der Waals surface area contributed by atoms with E-state index in [0.717, 1.165) is 0 Å². The first kappa shape index (κ1) is 15.8. The zero-order chi connectivity index (χ0) is 4.50. The average Bonchev–Trinajstić information content (AvgIpc) is 0.722. The van der Waals surface area contributed by atoms with Gasteiger partial charge in [0.15, 0.2) is 0 Å². The van der Waals surface area contributed by atoms with Crippen molar-refractivity contribution in [1.29, 1.82) is 0 Å². The van der Waals surface area contributed by atoms with Gasteiger partial charge in [-0.05, 0) is 0 Å². The second-order valence-corrected chi connectivity index (χ2v) is 1.50. The largest absolute Gasteiger partial charge is 4.00 e. The van der Waals surface area contributed by atoms with Crippen molar-refractivity contribution in [2.45, 2.75) is 0 Å². The van der Waals surface area contributed by atoms with Crippen LogP contribution in [0.1, 0.15) is 0 Å². The molecule has 4 nitrogen and oxygen atoms in total. The van der Waals surface area contributed by atoms with Crippen molar-refractivity contribution >= 4 is 26.4 Å². The van der Waals surface area contributed by atoms with Crippen molar-refractivity contribution in [2.75, 3.05) is 0 Å². The maximum Gasteiger partial charge on any atom is 4.00 e. The van der Waals surface area contributed by atoms with E-state index in [9.17, 15) is 0 Å². The van der Waals surface area contributed by atoms with E-state index < -0.39 is 9.05 Å². The van der Waals surface area contributed by atoms with Gasteiger partial charge in [-0.25, -0.2) is 0 Å². The Morgan fingerprint density at radius 2 is 0.857 bits per heavy atom. The molecule has 0 radical (unpaired) electrons. The maximum atomic E-state index is 8.58. The monoisotopic (exact) mass is 209 g/mol. The molecule has 0 amide bonds. The Bertz CT molecular complexity index is 27.2. The molecular formula is AlO4SiZr+3. The molecule has 0 bridgehead atoms. The molecule has 7 heteroatoms. The summed E-state index contributed by atoms with van der Waals surface area (Å²) in [7, 11) is -5.61. The smallest absolute Gasteiger partial charge is 0.894 e. The van der Waals surface area contributed by atoms with Crippen molar-refractivity contribution in [3.8, 4) is 0 Å². The van der Waals surface area contributed by atoms with Gasteiger partial charge in [-0.3, -0.25) is 0 Å². The minimum atomic E-state index is -5.61. The van der Waals surface area contributed by atoms with E-state index in [1.165, 1.54) is 0 Å². The zero-order valence-electron chi connectivity index (χ0n) is 3.21. The first-order valence-electron chi connectivity index (χ1n) is 0.816. The predicted octanol–water partition coefficient (Wildman–Crippen LogP) is -5.52. The van der Waals surface area contributed by atoms with E-state index >= 15 is 0 Å². The van der Waals surface area contributed by atoms with E-state index in [0.29, 0.717) is 0 Å². The molecule has 7 heavy (non-hydrogen) atoms. The Morgan fingerprint density at radius 3 is 0.857 bits per heavy atom. The second kappa shape index (κ2) is 5.61. The maximum absolute atomic E-state index is 8.58. The minimum absolute atomic E-state index is 0. The fraction of sp³-hybridized carbons (Fsp3) is 0. The third-order valence-electron chi connectivity index (χ3n) is 0. The SMILES string of the molecule is [Al+3].[O-][Si]([O-])([O-])[O-].[Zr+4]. The van der Waals surface area contributed by atoms with Crippen LogP contribution in [0.15, 0.2) is 0 Å². The van der Waals surface area contributed by atoms with Crippen molar-refractivity contribution in [1.82, 2.24) is 0 Å². The molecule has 0 aromatic rings. The summed E-state index contributed by atoms with van der Waals surface area (Å²) >= 11 is 0. The second-order valence-electron chi connectivity index (χ2n) is 0.500. The summed E-state index contributed by atoms with van der Waals surface area (Å²) in [5.74, 6) is 0. The number of hydrogen-bond donors (Lipinski definition) is 0. The van der Waals surface area contributed by atoms with Crippen LogP contribution in [0.4, 0.5) is 0 Å². The summed E-state index contributed by atoms with van der Waals surface area (Å²) in [4.78, 5) is 34.3. The van der Waals surface area contributed by atoms with E-state index in [-0.39, 0.29) is 43.6 Å². The van der Waals surface area contributed by atoms with E-state index in [2.05, 4.69) is 0 Å². The molecule has 0 rings (SSSR count). The van der Waals surface area contributed by atoms with Crippen LogP contribution in [-0.2, 0) is 26.2 Å². The van der Waals surface area contributed by atoms with Gasteiger partial charge >= 0.3 is 43.6 Å². The standard InChI is InChI=1S/Al.O4Si.Zr/c;1-5(2,3)4;/q+3;-4;+4. The van der Waals surface area contributed by atoms with Crippen LogP contribution in [0.3, 0.4) is 0 Å².